The lowest BCUT2D eigenvalue weighted by molar-refractivity contribution is 0.0724. The molecule has 0 N–H and O–H groups in total. The average Bonchev–Trinajstić information content (AvgIpc) is 3.30. The molecule has 0 saturated heterocycles. The van der Waals surface area contributed by atoms with Gasteiger partial charge in [0, 0.05) is 36.2 Å². The Morgan fingerprint density at radius 1 is 1.35 bits per heavy atom. The van der Waals surface area contributed by atoms with Crippen molar-refractivity contribution in [1.82, 2.24) is 14.9 Å². The summed E-state index contributed by atoms with van der Waals surface area (Å²) in [7, 11) is 0. The van der Waals surface area contributed by atoms with Crippen LogP contribution in [0.25, 0.3) is 0 Å². The zero-order chi connectivity index (χ0) is 13.9. The molecular weight excluding hydrogens is 274 g/mol. The van der Waals surface area contributed by atoms with E-state index in [0.717, 1.165) is 18.4 Å². The van der Waals surface area contributed by atoms with E-state index in [1.165, 1.54) is 0 Å². The Hall–Kier alpha value is -1.94. The van der Waals surface area contributed by atoms with E-state index in [4.69, 9.17) is 11.6 Å². The Bertz CT molecular complexity index is 614. The number of halogens is 1. The summed E-state index contributed by atoms with van der Waals surface area (Å²) < 4.78 is 0. The van der Waals surface area contributed by atoms with Crippen LogP contribution in [0.1, 0.15) is 28.9 Å². The smallest absolute Gasteiger partial charge is 0.273 e. The minimum absolute atomic E-state index is 0.0705. The molecule has 2 aromatic heterocycles. The number of hydrogen-bond acceptors (Lipinski definition) is 3. The summed E-state index contributed by atoms with van der Waals surface area (Å²) in [6.45, 7) is 0.561. The Kier molecular flexibility index (Phi) is 3.65. The molecule has 1 aliphatic rings. The molecule has 1 aliphatic carbocycles. The van der Waals surface area contributed by atoms with Crippen LogP contribution >= 0.6 is 11.6 Å². The predicted molar refractivity (Wildman–Crippen MR) is 76.4 cm³/mol. The van der Waals surface area contributed by atoms with Gasteiger partial charge in [0.15, 0.2) is 0 Å². The maximum Gasteiger partial charge on any atom is 0.273 e. The van der Waals surface area contributed by atoms with Gasteiger partial charge in [-0.3, -0.25) is 14.8 Å². The quantitative estimate of drug-likeness (QED) is 0.868. The first-order valence-electron chi connectivity index (χ1n) is 6.55. The highest BCUT2D eigenvalue weighted by molar-refractivity contribution is 6.30. The largest absolute Gasteiger partial charge is 0.330 e. The fraction of sp³-hybridized carbons (Fsp3) is 0.267. The Morgan fingerprint density at radius 3 is 2.85 bits per heavy atom. The molecule has 0 radical (unpaired) electrons. The van der Waals surface area contributed by atoms with Crippen LogP contribution in [0, 0.1) is 0 Å². The maximum absolute atomic E-state index is 12.6. The molecule has 0 aliphatic heterocycles. The highest BCUT2D eigenvalue weighted by atomic mass is 35.5. The van der Waals surface area contributed by atoms with Crippen molar-refractivity contribution in [1.29, 1.82) is 0 Å². The third-order valence-electron chi connectivity index (χ3n) is 3.27. The molecule has 3 rings (SSSR count). The summed E-state index contributed by atoms with van der Waals surface area (Å²) in [6, 6.07) is 7.44. The van der Waals surface area contributed by atoms with Gasteiger partial charge in [-0.15, -0.1) is 0 Å². The number of pyridine rings is 2. The first-order chi connectivity index (χ1) is 9.74. The van der Waals surface area contributed by atoms with E-state index >= 15 is 0 Å². The third-order valence-corrected chi connectivity index (χ3v) is 3.50. The van der Waals surface area contributed by atoms with Crippen LogP contribution in [0.4, 0.5) is 0 Å². The van der Waals surface area contributed by atoms with E-state index in [1.54, 1.807) is 30.7 Å². The molecule has 1 amide bonds. The Labute approximate surface area is 122 Å². The van der Waals surface area contributed by atoms with E-state index in [1.807, 2.05) is 17.0 Å². The normalized spacial score (nSPS) is 14.1. The van der Waals surface area contributed by atoms with Gasteiger partial charge in [-0.2, -0.15) is 0 Å². The zero-order valence-corrected chi connectivity index (χ0v) is 11.6. The van der Waals surface area contributed by atoms with Crippen molar-refractivity contribution < 1.29 is 4.79 Å². The first-order valence-corrected chi connectivity index (χ1v) is 6.93. The Balaban J connectivity index is 1.82. The van der Waals surface area contributed by atoms with Gasteiger partial charge in [0.25, 0.3) is 5.91 Å². The number of carbonyl (C=O) groups excluding carboxylic acids is 1. The molecule has 1 fully saturated rings. The van der Waals surface area contributed by atoms with Crippen molar-refractivity contribution in [3.8, 4) is 0 Å². The summed E-state index contributed by atoms with van der Waals surface area (Å²) in [4.78, 5) is 22.6. The van der Waals surface area contributed by atoms with Gasteiger partial charge in [-0.1, -0.05) is 17.7 Å². The molecule has 20 heavy (non-hydrogen) atoms. The summed E-state index contributed by atoms with van der Waals surface area (Å²) in [5.41, 5.74) is 1.42. The van der Waals surface area contributed by atoms with Crippen LogP contribution in [-0.2, 0) is 6.54 Å². The van der Waals surface area contributed by atoms with Crippen molar-refractivity contribution in [2.45, 2.75) is 25.4 Å². The van der Waals surface area contributed by atoms with Gasteiger partial charge in [0.05, 0.1) is 0 Å². The fourth-order valence-corrected chi connectivity index (χ4v) is 2.27. The molecule has 0 unspecified atom stereocenters. The van der Waals surface area contributed by atoms with Crippen molar-refractivity contribution in [2.75, 3.05) is 0 Å². The molecule has 0 bridgehead atoms. The van der Waals surface area contributed by atoms with Crippen molar-refractivity contribution in [3.63, 3.8) is 0 Å². The van der Waals surface area contributed by atoms with Gasteiger partial charge < -0.3 is 4.90 Å². The standard InChI is InChI=1S/C15H14ClN3O/c16-12-5-7-18-14(8-12)15(20)19(13-3-4-13)10-11-2-1-6-17-9-11/h1-2,5-9,13H,3-4,10H2. The van der Waals surface area contributed by atoms with Crippen LogP contribution in [-0.4, -0.2) is 26.8 Å². The third kappa shape index (κ3) is 2.96. The number of nitrogens with zero attached hydrogens (tertiary/aromatic N) is 3. The fourth-order valence-electron chi connectivity index (χ4n) is 2.11. The molecule has 1 saturated carbocycles. The summed E-state index contributed by atoms with van der Waals surface area (Å²) >= 11 is 5.93. The minimum atomic E-state index is -0.0705. The van der Waals surface area contributed by atoms with Crippen LogP contribution < -0.4 is 0 Å². The molecule has 0 spiro atoms. The predicted octanol–water partition coefficient (Wildman–Crippen LogP) is 2.93. The lowest BCUT2D eigenvalue weighted by Gasteiger charge is -2.22. The zero-order valence-electron chi connectivity index (χ0n) is 10.9. The van der Waals surface area contributed by atoms with Gasteiger partial charge >= 0.3 is 0 Å². The molecule has 5 heteroatoms. The topological polar surface area (TPSA) is 46.1 Å². The van der Waals surface area contributed by atoms with E-state index in [-0.39, 0.29) is 5.91 Å². The lowest BCUT2D eigenvalue weighted by atomic mass is 10.2. The minimum Gasteiger partial charge on any atom is -0.330 e. The van der Waals surface area contributed by atoms with Crippen LogP contribution in [0.15, 0.2) is 42.9 Å². The van der Waals surface area contributed by atoms with Gasteiger partial charge in [-0.05, 0) is 36.6 Å². The van der Waals surface area contributed by atoms with Crippen LogP contribution in [0.5, 0.6) is 0 Å². The second-order valence-corrected chi connectivity index (χ2v) is 5.32. The molecular formula is C15H14ClN3O. The van der Waals surface area contributed by atoms with Gasteiger partial charge in [0.2, 0.25) is 0 Å². The van der Waals surface area contributed by atoms with E-state index in [9.17, 15) is 4.79 Å². The van der Waals surface area contributed by atoms with Crippen molar-refractivity contribution in [2.24, 2.45) is 0 Å². The second-order valence-electron chi connectivity index (χ2n) is 4.88. The highest BCUT2D eigenvalue weighted by Crippen LogP contribution is 2.29. The average molecular weight is 288 g/mol. The van der Waals surface area contributed by atoms with E-state index in [2.05, 4.69) is 9.97 Å². The molecule has 4 nitrogen and oxygen atoms in total. The van der Waals surface area contributed by atoms with Gasteiger partial charge in [-0.25, -0.2) is 0 Å². The number of rotatable bonds is 4. The molecule has 2 heterocycles. The highest BCUT2D eigenvalue weighted by Gasteiger charge is 2.33. The summed E-state index contributed by atoms with van der Waals surface area (Å²) in [5, 5.41) is 0.528. The maximum atomic E-state index is 12.6. The van der Waals surface area contributed by atoms with Crippen LogP contribution in [0.3, 0.4) is 0 Å². The number of aromatic nitrogens is 2. The summed E-state index contributed by atoms with van der Waals surface area (Å²) in [5.74, 6) is -0.0705. The molecule has 0 aromatic carbocycles. The first kappa shape index (κ1) is 13.1. The number of carbonyl (C=O) groups is 1. The second kappa shape index (κ2) is 5.59. The SMILES string of the molecule is O=C(c1cc(Cl)ccn1)N(Cc1cccnc1)C1CC1. The lowest BCUT2D eigenvalue weighted by Crippen LogP contribution is -2.33. The van der Waals surface area contributed by atoms with Crippen molar-refractivity contribution in [3.05, 3.63) is 59.1 Å². The van der Waals surface area contributed by atoms with E-state index in [0.29, 0.717) is 23.3 Å². The number of amides is 1. The van der Waals surface area contributed by atoms with Gasteiger partial charge in [0.1, 0.15) is 5.69 Å². The number of hydrogen-bond donors (Lipinski definition) is 0. The molecule has 102 valence electrons. The molecule has 0 atom stereocenters. The van der Waals surface area contributed by atoms with Crippen molar-refractivity contribution >= 4 is 17.5 Å². The summed E-state index contributed by atoms with van der Waals surface area (Å²) in [6.07, 6.45) is 7.17. The molecule has 2 aromatic rings. The van der Waals surface area contributed by atoms with Crippen LogP contribution in [0.2, 0.25) is 5.02 Å². The monoisotopic (exact) mass is 287 g/mol. The Morgan fingerprint density at radius 2 is 2.20 bits per heavy atom. The van der Waals surface area contributed by atoms with E-state index < -0.39 is 0 Å².